The Kier molecular flexibility index (Phi) is 6.31. The summed E-state index contributed by atoms with van der Waals surface area (Å²) in [6, 6.07) is 9.63. The minimum Gasteiger partial charge on any atom is -0.438 e. The van der Waals surface area contributed by atoms with Crippen LogP contribution in [-0.4, -0.2) is 49.1 Å². The predicted molar refractivity (Wildman–Crippen MR) is 130 cm³/mol. The minimum absolute atomic E-state index is 0.250. The number of rotatable bonds is 7. The molecule has 174 valence electrons. The molecule has 34 heavy (non-hydrogen) atoms. The van der Waals surface area contributed by atoms with Gasteiger partial charge < -0.3 is 9.64 Å². The molecule has 1 fully saturated rings. The monoisotopic (exact) mass is 475 g/mol. The van der Waals surface area contributed by atoms with Crippen molar-refractivity contribution >= 4 is 23.6 Å². The Bertz CT molecular complexity index is 1250. The number of carbonyl (C=O) groups is 1. The lowest BCUT2D eigenvalue weighted by Gasteiger charge is -2.33. The molecule has 4 aromatic rings. The Morgan fingerprint density at radius 3 is 2.62 bits per heavy atom. The summed E-state index contributed by atoms with van der Waals surface area (Å²) in [5, 5.41) is 13.6. The first kappa shape index (κ1) is 22.1. The van der Waals surface area contributed by atoms with E-state index in [2.05, 4.69) is 54.6 Å². The number of aromatic nitrogens is 6. The lowest BCUT2D eigenvalue weighted by Crippen LogP contribution is -2.34. The highest BCUT2D eigenvalue weighted by molar-refractivity contribution is 7.03. The molecular formula is C24H25N7O2S. The fourth-order valence-electron chi connectivity index (χ4n) is 4.16. The molecule has 3 aromatic heterocycles. The van der Waals surface area contributed by atoms with Gasteiger partial charge in [0.1, 0.15) is 29.2 Å². The highest BCUT2D eigenvalue weighted by Crippen LogP contribution is 2.34. The topological polar surface area (TPSA) is 110 Å². The Balaban J connectivity index is 1.29. The number of aromatic amines is 1. The van der Waals surface area contributed by atoms with Gasteiger partial charge in [0.05, 0.1) is 5.69 Å². The van der Waals surface area contributed by atoms with Crippen LogP contribution in [0, 0.1) is 0 Å². The average Bonchev–Trinajstić information content (AvgIpc) is 3.58. The zero-order chi connectivity index (χ0) is 23.5. The Labute approximate surface area is 201 Å². The summed E-state index contributed by atoms with van der Waals surface area (Å²) in [6.07, 6.45) is 4.12. The first-order valence-electron chi connectivity index (χ1n) is 11.3. The van der Waals surface area contributed by atoms with Crippen LogP contribution < -0.4 is 9.64 Å². The molecule has 1 aliphatic rings. The third kappa shape index (κ3) is 4.54. The Morgan fingerprint density at radius 1 is 1.18 bits per heavy atom. The van der Waals surface area contributed by atoms with Crippen LogP contribution in [0.2, 0.25) is 0 Å². The van der Waals surface area contributed by atoms with Crippen molar-refractivity contribution in [3.63, 3.8) is 0 Å². The molecule has 0 spiro atoms. The number of nitrogens with zero attached hydrogens (tertiary/aromatic N) is 6. The molecule has 0 bridgehead atoms. The van der Waals surface area contributed by atoms with E-state index in [4.69, 9.17) is 4.74 Å². The van der Waals surface area contributed by atoms with E-state index in [1.807, 2.05) is 29.6 Å². The summed E-state index contributed by atoms with van der Waals surface area (Å²) in [5.41, 5.74) is 4.39. The highest BCUT2D eigenvalue weighted by Gasteiger charge is 2.26. The molecule has 0 unspecified atom stereocenters. The summed E-state index contributed by atoms with van der Waals surface area (Å²) < 4.78 is 9.85. The van der Waals surface area contributed by atoms with Crippen LogP contribution in [0.15, 0.2) is 42.0 Å². The number of carbonyl (C=O) groups excluding carboxylic acids is 1. The second-order valence-electron chi connectivity index (χ2n) is 8.61. The molecule has 0 amide bonds. The van der Waals surface area contributed by atoms with Crippen molar-refractivity contribution in [2.45, 2.75) is 38.5 Å². The van der Waals surface area contributed by atoms with Gasteiger partial charge in [-0.05, 0) is 60.6 Å². The summed E-state index contributed by atoms with van der Waals surface area (Å²) >= 11 is 1.30. The maximum atomic E-state index is 12.0. The normalized spacial score (nSPS) is 14.5. The molecule has 0 atom stereocenters. The molecule has 0 aliphatic carbocycles. The molecule has 1 aliphatic heterocycles. The average molecular weight is 476 g/mol. The van der Waals surface area contributed by atoms with E-state index in [1.165, 1.54) is 23.6 Å². The molecular weight excluding hydrogens is 450 g/mol. The molecule has 0 radical (unpaired) electrons. The van der Waals surface area contributed by atoms with Gasteiger partial charge in [0.15, 0.2) is 6.29 Å². The van der Waals surface area contributed by atoms with Crippen molar-refractivity contribution < 1.29 is 9.53 Å². The summed E-state index contributed by atoms with van der Waals surface area (Å²) in [6.45, 7) is 5.86. The number of hydrogen-bond donors (Lipinski definition) is 1. The molecule has 5 rings (SSSR count). The van der Waals surface area contributed by atoms with Crippen molar-refractivity contribution in [2.75, 3.05) is 18.0 Å². The van der Waals surface area contributed by atoms with Crippen LogP contribution >= 0.6 is 11.5 Å². The lowest BCUT2D eigenvalue weighted by molar-refractivity contribution is 0.112. The van der Waals surface area contributed by atoms with Gasteiger partial charge in [0.2, 0.25) is 5.88 Å². The zero-order valence-electron chi connectivity index (χ0n) is 19.0. The number of hydrogen-bond acceptors (Lipinski definition) is 9. The molecule has 1 aromatic carbocycles. The quantitative estimate of drug-likeness (QED) is 0.379. The predicted octanol–water partition coefficient (Wildman–Crippen LogP) is 4.83. The van der Waals surface area contributed by atoms with Gasteiger partial charge in [0.25, 0.3) is 0 Å². The second-order valence-corrected chi connectivity index (χ2v) is 9.22. The largest absolute Gasteiger partial charge is 0.438 e. The fourth-order valence-corrected chi connectivity index (χ4v) is 4.63. The maximum Gasteiger partial charge on any atom is 0.235 e. The van der Waals surface area contributed by atoms with Crippen molar-refractivity contribution in [2.24, 2.45) is 0 Å². The first-order chi connectivity index (χ1) is 16.6. The highest BCUT2D eigenvalue weighted by atomic mass is 32.1. The van der Waals surface area contributed by atoms with Gasteiger partial charge in [0, 0.05) is 35.6 Å². The second kappa shape index (κ2) is 9.68. The number of benzene rings is 1. The van der Waals surface area contributed by atoms with Crippen LogP contribution in [0.4, 0.5) is 5.82 Å². The number of aldehydes is 1. The molecule has 4 heterocycles. The number of anilines is 1. The van der Waals surface area contributed by atoms with Crippen LogP contribution in [-0.2, 0) is 0 Å². The van der Waals surface area contributed by atoms with Crippen molar-refractivity contribution in [3.05, 3.63) is 59.0 Å². The Hall–Kier alpha value is -3.66. The van der Waals surface area contributed by atoms with Crippen LogP contribution in [0.25, 0.3) is 11.3 Å². The van der Waals surface area contributed by atoms with Crippen molar-refractivity contribution in [3.8, 4) is 22.9 Å². The maximum absolute atomic E-state index is 12.0. The van der Waals surface area contributed by atoms with Gasteiger partial charge in [-0.1, -0.05) is 18.3 Å². The molecule has 1 N–H and O–H groups in total. The van der Waals surface area contributed by atoms with E-state index in [9.17, 15) is 4.79 Å². The van der Waals surface area contributed by atoms with Gasteiger partial charge in [-0.15, -0.1) is 5.10 Å². The number of piperidine rings is 1. The zero-order valence-corrected chi connectivity index (χ0v) is 19.8. The smallest absolute Gasteiger partial charge is 0.235 e. The van der Waals surface area contributed by atoms with Crippen LogP contribution in [0.3, 0.4) is 0 Å². The minimum atomic E-state index is 0.250. The van der Waals surface area contributed by atoms with E-state index in [0.29, 0.717) is 29.0 Å². The van der Waals surface area contributed by atoms with Gasteiger partial charge >= 0.3 is 0 Å². The van der Waals surface area contributed by atoms with E-state index in [-0.39, 0.29) is 5.88 Å². The van der Waals surface area contributed by atoms with E-state index in [0.717, 1.165) is 49.2 Å². The summed E-state index contributed by atoms with van der Waals surface area (Å²) in [4.78, 5) is 22.8. The molecule has 10 heteroatoms. The van der Waals surface area contributed by atoms with Crippen molar-refractivity contribution in [1.82, 2.24) is 29.8 Å². The van der Waals surface area contributed by atoms with Gasteiger partial charge in [-0.2, -0.15) is 5.10 Å². The van der Waals surface area contributed by atoms with Crippen LogP contribution in [0.1, 0.15) is 60.3 Å². The number of H-pyrrole nitrogens is 1. The molecule has 0 saturated carbocycles. The van der Waals surface area contributed by atoms with Crippen LogP contribution in [0.5, 0.6) is 11.6 Å². The van der Waals surface area contributed by atoms with Crippen molar-refractivity contribution in [1.29, 1.82) is 0 Å². The number of ether oxygens (including phenoxy) is 1. The summed E-state index contributed by atoms with van der Waals surface area (Å²) in [7, 11) is 0. The van der Waals surface area contributed by atoms with E-state index >= 15 is 0 Å². The number of nitrogens with one attached hydrogen (secondary N) is 1. The summed E-state index contributed by atoms with van der Waals surface area (Å²) in [5.74, 6) is 2.26. The molecule has 1 saturated heterocycles. The first-order valence-corrected chi connectivity index (χ1v) is 12.1. The third-order valence-electron chi connectivity index (χ3n) is 6.11. The van der Waals surface area contributed by atoms with Gasteiger partial charge in [-0.25, -0.2) is 9.97 Å². The fraction of sp³-hybridized carbons (Fsp3) is 0.333. The standard InChI is InChI=1S/C24H25N7O2S/c1-15(2)20-11-21(28-27-20)17-7-9-31(10-8-17)23-19(12-32)24(26-14-25-23)33-18-5-3-16(4-6-18)22-13-34-30-29-22/h3-6,11-15,17H,7-10H2,1-2H3,(H,27,28). The Morgan fingerprint density at radius 2 is 1.97 bits per heavy atom. The van der Waals surface area contributed by atoms with E-state index < -0.39 is 0 Å². The SMILES string of the molecule is CC(C)c1cc(C2CCN(c3ncnc(Oc4ccc(-c5csnn5)cc4)c3C=O)CC2)[nH]n1. The van der Waals surface area contributed by atoms with Gasteiger partial charge in [-0.3, -0.25) is 9.89 Å². The van der Waals surface area contributed by atoms with E-state index in [1.54, 1.807) is 0 Å². The third-order valence-corrected chi connectivity index (χ3v) is 6.62. The lowest BCUT2D eigenvalue weighted by atomic mass is 9.92. The molecule has 9 nitrogen and oxygen atoms in total.